The van der Waals surface area contributed by atoms with Crippen LogP contribution in [-0.4, -0.2) is 0 Å². The Morgan fingerprint density at radius 3 is 1.96 bits per heavy atom. The van der Waals surface area contributed by atoms with Crippen molar-refractivity contribution in [3.8, 4) is 11.1 Å². The van der Waals surface area contributed by atoms with Gasteiger partial charge in [0, 0.05) is 0 Å². The number of halogens is 2. The van der Waals surface area contributed by atoms with Gasteiger partial charge in [0.05, 0.1) is 0 Å². The summed E-state index contributed by atoms with van der Waals surface area (Å²) in [5.74, 6) is 1.11. The summed E-state index contributed by atoms with van der Waals surface area (Å²) in [5, 5.41) is 0. The molecule has 0 spiro atoms. The summed E-state index contributed by atoms with van der Waals surface area (Å²) in [6.07, 6.45) is 3.53. The molecule has 0 fully saturated rings. The normalized spacial score (nSPS) is 15.3. The average Bonchev–Trinajstić information content (AvgIpc) is 2.87. The molecular formula is C24H29Cl2Zr. The number of hydrogen-bond acceptors (Lipinski definition) is 0. The van der Waals surface area contributed by atoms with Gasteiger partial charge in [-0.3, -0.25) is 0 Å². The first-order valence-electron chi connectivity index (χ1n) is 9.53. The summed E-state index contributed by atoms with van der Waals surface area (Å²) < 4.78 is 0.629. The summed E-state index contributed by atoms with van der Waals surface area (Å²) in [5.41, 5.74) is 11.8. The number of fused-ring (bicyclic) bond motifs is 1. The van der Waals surface area contributed by atoms with E-state index >= 15 is 0 Å². The minimum Gasteiger partial charge on any atom is -1.00 e. The summed E-state index contributed by atoms with van der Waals surface area (Å²) in [7, 11) is 0. The third-order valence-corrected chi connectivity index (χ3v) is 7.37. The Balaban J connectivity index is 0.00000182. The van der Waals surface area contributed by atoms with Crippen LogP contribution in [0.3, 0.4) is 0 Å². The Morgan fingerprint density at radius 2 is 1.48 bits per heavy atom. The molecule has 1 unspecified atom stereocenters. The summed E-state index contributed by atoms with van der Waals surface area (Å²) in [6, 6.07) is 12.0. The van der Waals surface area contributed by atoms with Gasteiger partial charge in [0.15, 0.2) is 0 Å². The molecule has 3 rings (SSSR count). The zero-order chi connectivity index (χ0) is 18.3. The van der Waals surface area contributed by atoms with Crippen molar-refractivity contribution in [2.24, 2.45) is 0 Å². The number of hydrogen-bond donors (Lipinski definition) is 0. The van der Waals surface area contributed by atoms with Crippen molar-refractivity contribution in [3.63, 3.8) is 0 Å². The van der Waals surface area contributed by atoms with E-state index in [4.69, 9.17) is 0 Å². The molecule has 0 heterocycles. The second-order valence-corrected chi connectivity index (χ2v) is 9.39. The molecule has 2 aromatic carbocycles. The Hall–Kier alpha value is -0.357. The van der Waals surface area contributed by atoms with E-state index in [0.717, 1.165) is 6.42 Å². The van der Waals surface area contributed by atoms with Gasteiger partial charge in [-0.2, -0.15) is 0 Å². The van der Waals surface area contributed by atoms with Gasteiger partial charge >= 0.3 is 169 Å². The van der Waals surface area contributed by atoms with Crippen LogP contribution in [0.2, 0.25) is 0 Å². The molecule has 0 saturated heterocycles. The fraction of sp³-hybridized carbons (Fsp3) is 0.417. The smallest absolute Gasteiger partial charge is 1.00 e. The molecule has 0 saturated carbocycles. The van der Waals surface area contributed by atoms with Gasteiger partial charge in [0.2, 0.25) is 0 Å². The minimum absolute atomic E-state index is 0. The molecule has 0 aromatic heterocycles. The average molecular weight is 480 g/mol. The van der Waals surface area contributed by atoms with Gasteiger partial charge in [-0.05, 0) is 0 Å². The molecule has 2 aromatic rings. The van der Waals surface area contributed by atoms with E-state index in [9.17, 15) is 0 Å². The van der Waals surface area contributed by atoms with Crippen LogP contribution in [0.15, 0.2) is 35.9 Å². The number of aryl methyl sites for hydroxylation is 1. The topological polar surface area (TPSA) is 0 Å². The van der Waals surface area contributed by atoms with Gasteiger partial charge in [-0.25, -0.2) is 0 Å². The van der Waals surface area contributed by atoms with Gasteiger partial charge < -0.3 is 24.8 Å². The Bertz CT molecular complexity index is 808. The van der Waals surface area contributed by atoms with Crippen molar-refractivity contribution >= 4 is 6.08 Å². The molecule has 0 aliphatic heterocycles. The van der Waals surface area contributed by atoms with Gasteiger partial charge in [0.1, 0.15) is 0 Å². The largest absolute Gasteiger partial charge is 1.00 e. The monoisotopic (exact) mass is 477 g/mol. The fourth-order valence-corrected chi connectivity index (χ4v) is 4.59. The van der Waals surface area contributed by atoms with Crippen LogP contribution >= 0.6 is 0 Å². The maximum Gasteiger partial charge on any atom is -1.00 e. The molecular weight excluding hydrogens is 450 g/mol. The Kier molecular flexibility index (Phi) is 9.06. The van der Waals surface area contributed by atoms with Crippen molar-refractivity contribution in [1.82, 2.24) is 0 Å². The van der Waals surface area contributed by atoms with Crippen LogP contribution in [0.25, 0.3) is 17.2 Å². The maximum absolute atomic E-state index is 2.44. The van der Waals surface area contributed by atoms with Crippen LogP contribution in [0.1, 0.15) is 84.8 Å². The molecule has 0 amide bonds. The van der Waals surface area contributed by atoms with Crippen molar-refractivity contribution in [3.05, 3.63) is 63.7 Å². The van der Waals surface area contributed by atoms with Crippen LogP contribution in [0.4, 0.5) is 0 Å². The molecule has 1 aliphatic carbocycles. The third-order valence-electron chi connectivity index (χ3n) is 5.48. The zero-order valence-electron chi connectivity index (χ0n) is 17.2. The second-order valence-electron chi connectivity index (χ2n) is 7.98. The quantitative estimate of drug-likeness (QED) is 0.618. The van der Waals surface area contributed by atoms with E-state index in [2.05, 4.69) is 78.0 Å². The number of benzene rings is 2. The van der Waals surface area contributed by atoms with Crippen molar-refractivity contribution in [2.75, 3.05) is 0 Å². The van der Waals surface area contributed by atoms with E-state index in [1.54, 1.807) is 24.7 Å². The summed E-state index contributed by atoms with van der Waals surface area (Å²) in [6.45, 7) is 13.8. The van der Waals surface area contributed by atoms with E-state index in [1.165, 1.54) is 44.5 Å². The van der Waals surface area contributed by atoms with Crippen molar-refractivity contribution < 1.29 is 49.5 Å². The third kappa shape index (κ3) is 4.80. The van der Waals surface area contributed by atoms with E-state index in [-0.39, 0.29) is 24.8 Å². The predicted molar refractivity (Wildman–Crippen MR) is 106 cm³/mol. The van der Waals surface area contributed by atoms with Gasteiger partial charge in [-0.1, -0.05) is 0 Å². The molecule has 0 nitrogen and oxygen atoms in total. The molecule has 27 heavy (non-hydrogen) atoms. The first kappa shape index (κ1) is 24.7. The molecule has 143 valence electrons. The number of rotatable bonds is 4. The Morgan fingerprint density at radius 1 is 0.926 bits per heavy atom. The maximum atomic E-state index is 2.44. The second kappa shape index (κ2) is 9.91. The zero-order valence-corrected chi connectivity index (χ0v) is 21.1. The first-order chi connectivity index (χ1) is 11.8. The fourth-order valence-electron chi connectivity index (χ4n) is 3.77. The molecule has 0 radical (unpaired) electrons. The van der Waals surface area contributed by atoms with E-state index < -0.39 is 0 Å². The molecule has 1 aliphatic rings. The summed E-state index contributed by atoms with van der Waals surface area (Å²) in [4.78, 5) is 0. The van der Waals surface area contributed by atoms with Gasteiger partial charge in [-0.15, -0.1) is 0 Å². The minimum atomic E-state index is 0. The van der Waals surface area contributed by atoms with Crippen LogP contribution < -0.4 is 24.8 Å². The van der Waals surface area contributed by atoms with Crippen LogP contribution in [0.5, 0.6) is 0 Å². The molecule has 0 bridgehead atoms. The number of allylic oxidation sites excluding steroid dienone is 1. The van der Waals surface area contributed by atoms with Gasteiger partial charge in [0.25, 0.3) is 0 Å². The first-order valence-corrected chi connectivity index (χ1v) is 11.0. The molecule has 0 N–H and O–H groups in total. The van der Waals surface area contributed by atoms with Crippen LogP contribution in [0, 0.1) is 0 Å². The Labute approximate surface area is 192 Å². The SMILES string of the molecule is CCc1ccc2c(c1-c1cc(C(C)C)cc(C(C)C)c1)C=C(C)[CH]2[Zr+2].[Cl-].[Cl-]. The molecule has 1 atom stereocenters. The van der Waals surface area contributed by atoms with Crippen LogP contribution in [-0.2, 0) is 31.1 Å². The van der Waals surface area contributed by atoms with E-state index in [0.29, 0.717) is 15.5 Å². The molecule has 3 heteroatoms. The standard InChI is InChI=1S/C24H29.2ClH.Zr/c1-7-18-8-9-19-10-17(6)11-23(19)24(18)22-13-20(15(2)3)12-21(14-22)16(4)5;;;/h8-16H,7H2,1-6H3;2*1H;/q;;;+2/p-2. The van der Waals surface area contributed by atoms with Crippen molar-refractivity contribution in [2.45, 2.75) is 63.4 Å². The van der Waals surface area contributed by atoms with Crippen molar-refractivity contribution in [1.29, 1.82) is 0 Å². The van der Waals surface area contributed by atoms with E-state index in [1.807, 2.05) is 0 Å². The predicted octanol–water partition coefficient (Wildman–Crippen LogP) is 1.18. The summed E-state index contributed by atoms with van der Waals surface area (Å²) >= 11 is 1.60.